The number of rotatable bonds is 5. The van der Waals surface area contributed by atoms with Gasteiger partial charge in [0.25, 0.3) is 0 Å². The summed E-state index contributed by atoms with van der Waals surface area (Å²) >= 11 is 5.90. The van der Waals surface area contributed by atoms with Crippen LogP contribution in [-0.2, 0) is 4.79 Å². The number of unbranched alkanes of at least 4 members (excludes halogenated alkanes) is 1. The van der Waals surface area contributed by atoms with E-state index in [4.69, 9.17) is 17.3 Å². The summed E-state index contributed by atoms with van der Waals surface area (Å²) in [7, 11) is 0. The van der Waals surface area contributed by atoms with Crippen molar-refractivity contribution in [2.45, 2.75) is 44.4 Å². The van der Waals surface area contributed by atoms with Gasteiger partial charge in [0.2, 0.25) is 0 Å². The molecule has 1 aromatic rings. The van der Waals surface area contributed by atoms with Crippen molar-refractivity contribution in [2.75, 3.05) is 5.73 Å². The van der Waals surface area contributed by atoms with E-state index in [1.165, 1.54) is 0 Å². The van der Waals surface area contributed by atoms with Crippen molar-refractivity contribution < 1.29 is 4.79 Å². The predicted molar refractivity (Wildman–Crippen MR) is 75.5 cm³/mol. The van der Waals surface area contributed by atoms with E-state index >= 15 is 0 Å². The number of aromatic nitrogens is 1. The smallest absolute Gasteiger partial charge is 0.153 e. The van der Waals surface area contributed by atoms with Crippen LogP contribution in [-0.4, -0.2) is 16.1 Å². The fourth-order valence-corrected chi connectivity index (χ4v) is 1.86. The maximum Gasteiger partial charge on any atom is 0.153 e. The molecule has 1 aliphatic rings. The van der Waals surface area contributed by atoms with Gasteiger partial charge in [-0.3, -0.25) is 4.79 Å². The first-order valence-electron chi connectivity index (χ1n) is 6.49. The Hall–Kier alpha value is -1.09. The Labute approximate surface area is 114 Å². The average Bonchev–Trinajstić information content (AvgIpc) is 3.21. The molecular formula is C14H21ClN2O. The third-order valence-electron chi connectivity index (χ3n) is 2.79. The van der Waals surface area contributed by atoms with Gasteiger partial charge in [-0.25, -0.2) is 4.98 Å². The molecule has 3 nitrogen and oxygen atoms in total. The van der Waals surface area contributed by atoms with E-state index in [0.29, 0.717) is 17.5 Å². The topological polar surface area (TPSA) is 56.0 Å². The van der Waals surface area contributed by atoms with Crippen LogP contribution in [0, 0.1) is 5.92 Å². The third kappa shape index (κ3) is 6.01. The van der Waals surface area contributed by atoms with Crippen LogP contribution in [0.5, 0.6) is 0 Å². The normalized spacial score (nSPS) is 15.4. The highest BCUT2D eigenvalue weighted by Crippen LogP contribution is 2.33. The summed E-state index contributed by atoms with van der Waals surface area (Å²) in [6.45, 7) is 2.12. The number of pyridine rings is 1. The molecule has 4 heteroatoms. The van der Waals surface area contributed by atoms with E-state index in [0.717, 1.165) is 32.1 Å². The molecule has 0 bridgehead atoms. The van der Waals surface area contributed by atoms with E-state index in [-0.39, 0.29) is 5.38 Å². The molecule has 0 radical (unpaired) electrons. The van der Waals surface area contributed by atoms with Crippen LogP contribution in [0.3, 0.4) is 0 Å². The minimum absolute atomic E-state index is 0.192. The van der Waals surface area contributed by atoms with Gasteiger partial charge in [0.1, 0.15) is 5.82 Å². The van der Waals surface area contributed by atoms with Crippen LogP contribution in [0.25, 0.3) is 0 Å². The fraction of sp³-hybridized carbons (Fsp3) is 0.571. The summed E-state index contributed by atoms with van der Waals surface area (Å²) < 4.78 is 0. The molecule has 1 aliphatic carbocycles. The highest BCUT2D eigenvalue weighted by atomic mass is 35.5. The Morgan fingerprint density at radius 2 is 2.28 bits per heavy atom. The Morgan fingerprint density at radius 3 is 2.67 bits per heavy atom. The summed E-state index contributed by atoms with van der Waals surface area (Å²) in [6.07, 6.45) is 6.89. The van der Waals surface area contributed by atoms with Crippen LogP contribution in [0.1, 0.15) is 39.0 Å². The van der Waals surface area contributed by atoms with E-state index in [1.807, 2.05) is 12.1 Å². The van der Waals surface area contributed by atoms with Crippen molar-refractivity contribution in [1.29, 1.82) is 0 Å². The summed E-state index contributed by atoms with van der Waals surface area (Å²) in [5, 5.41) is -0.192. The Bertz CT molecular complexity index is 352. The van der Waals surface area contributed by atoms with Gasteiger partial charge in [-0.1, -0.05) is 25.8 Å². The first-order chi connectivity index (χ1) is 8.65. The number of hydrogen-bond acceptors (Lipinski definition) is 3. The quantitative estimate of drug-likeness (QED) is 0.833. The summed E-state index contributed by atoms with van der Waals surface area (Å²) in [4.78, 5) is 15.0. The number of nitrogens with zero attached hydrogens (tertiary/aromatic N) is 1. The van der Waals surface area contributed by atoms with Gasteiger partial charge in [-0.15, -0.1) is 11.6 Å². The molecule has 1 heterocycles. The zero-order valence-corrected chi connectivity index (χ0v) is 11.6. The second kappa shape index (κ2) is 8.09. The molecule has 0 aliphatic heterocycles. The van der Waals surface area contributed by atoms with Crippen LogP contribution >= 0.6 is 11.6 Å². The van der Waals surface area contributed by atoms with Gasteiger partial charge in [0.15, 0.2) is 5.78 Å². The molecule has 100 valence electrons. The maximum absolute atomic E-state index is 11.3. The van der Waals surface area contributed by atoms with Crippen molar-refractivity contribution in [3.8, 4) is 0 Å². The number of Topliss-reactive ketones (excluding diaryl/α,β-unsaturated/α-hetero) is 1. The number of nitrogen functional groups attached to an aromatic ring is 1. The van der Waals surface area contributed by atoms with Gasteiger partial charge in [0, 0.05) is 12.1 Å². The van der Waals surface area contributed by atoms with Crippen molar-refractivity contribution in [2.24, 2.45) is 5.92 Å². The molecule has 1 fully saturated rings. The summed E-state index contributed by atoms with van der Waals surface area (Å²) in [5.41, 5.74) is 5.25. The lowest BCUT2D eigenvalue weighted by Gasteiger charge is -2.05. The van der Waals surface area contributed by atoms with Gasteiger partial charge in [-0.2, -0.15) is 0 Å². The Balaban J connectivity index is 0.000000199. The third-order valence-corrected chi connectivity index (χ3v) is 3.22. The van der Waals surface area contributed by atoms with Gasteiger partial charge < -0.3 is 5.73 Å². The van der Waals surface area contributed by atoms with Crippen LogP contribution in [0.2, 0.25) is 0 Å². The molecule has 0 amide bonds. The lowest BCUT2D eigenvalue weighted by Crippen LogP contribution is -2.15. The molecular weight excluding hydrogens is 248 g/mol. The van der Waals surface area contributed by atoms with Gasteiger partial charge >= 0.3 is 0 Å². The van der Waals surface area contributed by atoms with E-state index in [1.54, 1.807) is 12.3 Å². The van der Waals surface area contributed by atoms with E-state index in [9.17, 15) is 4.79 Å². The zero-order chi connectivity index (χ0) is 13.4. The SMILES string of the molecule is CCCCC(Cl)C(=O)C1CC1.Nc1ccccn1. The highest BCUT2D eigenvalue weighted by Gasteiger charge is 2.33. The van der Waals surface area contributed by atoms with Crippen LogP contribution < -0.4 is 5.73 Å². The predicted octanol–water partition coefficient (Wildman–Crippen LogP) is 3.43. The molecule has 1 unspecified atom stereocenters. The minimum Gasteiger partial charge on any atom is -0.384 e. The van der Waals surface area contributed by atoms with Crippen molar-refractivity contribution in [3.63, 3.8) is 0 Å². The number of carbonyl (C=O) groups excluding carboxylic acids is 1. The number of nitrogens with two attached hydrogens (primary N) is 1. The number of halogens is 1. The van der Waals surface area contributed by atoms with Gasteiger partial charge in [-0.05, 0) is 31.4 Å². The number of anilines is 1. The lowest BCUT2D eigenvalue weighted by atomic mass is 10.1. The zero-order valence-electron chi connectivity index (χ0n) is 10.8. The van der Waals surface area contributed by atoms with Crippen LogP contribution in [0.4, 0.5) is 5.82 Å². The van der Waals surface area contributed by atoms with E-state index in [2.05, 4.69) is 11.9 Å². The molecule has 0 spiro atoms. The number of alkyl halides is 1. The van der Waals surface area contributed by atoms with Gasteiger partial charge in [0.05, 0.1) is 5.38 Å². The molecule has 18 heavy (non-hydrogen) atoms. The molecule has 2 rings (SSSR count). The molecule has 2 N–H and O–H groups in total. The lowest BCUT2D eigenvalue weighted by molar-refractivity contribution is -0.120. The number of hydrogen-bond donors (Lipinski definition) is 1. The first-order valence-corrected chi connectivity index (χ1v) is 6.93. The maximum atomic E-state index is 11.3. The summed E-state index contributed by atoms with van der Waals surface area (Å²) in [5.74, 6) is 1.19. The second-order valence-electron chi connectivity index (χ2n) is 4.54. The largest absolute Gasteiger partial charge is 0.384 e. The van der Waals surface area contributed by atoms with E-state index < -0.39 is 0 Å². The molecule has 1 aromatic heterocycles. The second-order valence-corrected chi connectivity index (χ2v) is 5.07. The molecule has 0 saturated heterocycles. The number of ketones is 1. The fourth-order valence-electron chi connectivity index (χ4n) is 1.53. The molecule has 1 saturated carbocycles. The Morgan fingerprint density at radius 1 is 1.56 bits per heavy atom. The minimum atomic E-state index is -0.192. The van der Waals surface area contributed by atoms with Crippen molar-refractivity contribution in [3.05, 3.63) is 24.4 Å². The van der Waals surface area contributed by atoms with Crippen LogP contribution in [0.15, 0.2) is 24.4 Å². The highest BCUT2D eigenvalue weighted by molar-refractivity contribution is 6.31. The Kier molecular flexibility index (Phi) is 6.73. The average molecular weight is 269 g/mol. The summed E-state index contributed by atoms with van der Waals surface area (Å²) in [6, 6.07) is 5.43. The first kappa shape index (κ1) is 15.0. The number of carbonyl (C=O) groups is 1. The molecule has 0 aromatic carbocycles. The van der Waals surface area contributed by atoms with Crippen molar-refractivity contribution in [1.82, 2.24) is 4.98 Å². The standard InChI is InChI=1S/C9H15ClO.C5H6N2/c1-2-3-4-8(10)9(11)7-5-6-7;6-5-3-1-2-4-7-5/h7-8H,2-6H2,1H3;1-4H,(H2,6,7). The van der Waals surface area contributed by atoms with Crippen molar-refractivity contribution >= 4 is 23.2 Å². The molecule has 1 atom stereocenters. The monoisotopic (exact) mass is 268 g/mol.